The minimum atomic E-state index is -0.340. The van der Waals surface area contributed by atoms with E-state index >= 15 is 0 Å². The molecular formula is C23H25N3O3. The minimum absolute atomic E-state index is 0.0204. The zero-order valence-corrected chi connectivity index (χ0v) is 16.7. The number of rotatable bonds is 4. The third-order valence-electron chi connectivity index (χ3n) is 5.68. The maximum Gasteiger partial charge on any atom is 0.258 e. The van der Waals surface area contributed by atoms with Crippen molar-refractivity contribution in [1.82, 2.24) is 4.90 Å². The third-order valence-corrected chi connectivity index (χ3v) is 5.68. The van der Waals surface area contributed by atoms with Gasteiger partial charge in [0.25, 0.3) is 5.91 Å². The van der Waals surface area contributed by atoms with Gasteiger partial charge in [-0.2, -0.15) is 0 Å². The molecule has 6 heteroatoms. The SMILES string of the molecule is CC(C)N1CC(C(=O)Nc2ccc(C(=O)N3CCc4ccccc43)cc2)CC1=O. The van der Waals surface area contributed by atoms with Gasteiger partial charge in [-0.3, -0.25) is 14.4 Å². The first-order valence-corrected chi connectivity index (χ1v) is 10.0. The maximum absolute atomic E-state index is 12.9. The molecule has 150 valence electrons. The molecule has 0 aliphatic carbocycles. The molecule has 2 aromatic carbocycles. The molecule has 1 N–H and O–H groups in total. The molecule has 6 nitrogen and oxygen atoms in total. The summed E-state index contributed by atoms with van der Waals surface area (Å²) < 4.78 is 0. The fraction of sp³-hybridized carbons (Fsp3) is 0.348. The molecule has 2 aliphatic rings. The molecule has 2 heterocycles. The smallest absolute Gasteiger partial charge is 0.258 e. The van der Waals surface area contributed by atoms with Crippen LogP contribution >= 0.6 is 0 Å². The van der Waals surface area contributed by atoms with Gasteiger partial charge in [-0.05, 0) is 56.2 Å². The Labute approximate surface area is 170 Å². The van der Waals surface area contributed by atoms with Crippen LogP contribution < -0.4 is 10.2 Å². The van der Waals surface area contributed by atoms with Crippen LogP contribution in [0.15, 0.2) is 48.5 Å². The van der Waals surface area contributed by atoms with Crippen molar-refractivity contribution in [3.05, 3.63) is 59.7 Å². The highest BCUT2D eigenvalue weighted by atomic mass is 16.2. The van der Waals surface area contributed by atoms with Crippen LogP contribution in [0.1, 0.15) is 36.2 Å². The Morgan fingerprint density at radius 3 is 2.48 bits per heavy atom. The summed E-state index contributed by atoms with van der Waals surface area (Å²) in [5.41, 5.74) is 3.37. The first-order valence-electron chi connectivity index (χ1n) is 10.0. The molecule has 1 fully saturated rings. The molecule has 0 aromatic heterocycles. The van der Waals surface area contributed by atoms with Crippen molar-refractivity contribution in [2.24, 2.45) is 5.92 Å². The zero-order chi connectivity index (χ0) is 20.5. The van der Waals surface area contributed by atoms with Crippen LogP contribution in [0.2, 0.25) is 0 Å². The van der Waals surface area contributed by atoms with Gasteiger partial charge >= 0.3 is 0 Å². The number of fused-ring (bicyclic) bond motifs is 1. The molecule has 0 spiro atoms. The van der Waals surface area contributed by atoms with Gasteiger partial charge in [0.15, 0.2) is 0 Å². The van der Waals surface area contributed by atoms with Crippen molar-refractivity contribution in [3.8, 4) is 0 Å². The Bertz CT molecular complexity index is 952. The summed E-state index contributed by atoms with van der Waals surface area (Å²) in [6.45, 7) is 5.03. The van der Waals surface area contributed by atoms with Crippen molar-refractivity contribution in [1.29, 1.82) is 0 Å². The molecule has 2 aromatic rings. The molecule has 4 rings (SSSR count). The summed E-state index contributed by atoms with van der Waals surface area (Å²) in [6, 6.07) is 15.0. The highest BCUT2D eigenvalue weighted by Gasteiger charge is 2.35. The summed E-state index contributed by atoms with van der Waals surface area (Å²) in [6.07, 6.45) is 1.11. The Morgan fingerprint density at radius 2 is 1.79 bits per heavy atom. The third kappa shape index (κ3) is 3.75. The minimum Gasteiger partial charge on any atom is -0.339 e. The molecule has 1 atom stereocenters. The predicted molar refractivity (Wildman–Crippen MR) is 112 cm³/mol. The molecule has 1 saturated heterocycles. The average molecular weight is 391 g/mol. The second kappa shape index (κ2) is 7.70. The topological polar surface area (TPSA) is 69.7 Å². The van der Waals surface area contributed by atoms with E-state index in [1.54, 1.807) is 34.1 Å². The number of nitrogens with one attached hydrogen (secondary N) is 1. The summed E-state index contributed by atoms with van der Waals surface area (Å²) in [4.78, 5) is 41.0. The summed E-state index contributed by atoms with van der Waals surface area (Å²) in [7, 11) is 0. The number of benzene rings is 2. The highest BCUT2D eigenvalue weighted by molar-refractivity contribution is 6.07. The van der Waals surface area contributed by atoms with Crippen LogP contribution in [0, 0.1) is 5.92 Å². The Kier molecular flexibility index (Phi) is 5.09. The van der Waals surface area contributed by atoms with E-state index < -0.39 is 0 Å². The van der Waals surface area contributed by atoms with Gasteiger partial charge in [0.2, 0.25) is 11.8 Å². The maximum atomic E-state index is 12.9. The molecule has 3 amide bonds. The second-order valence-corrected chi connectivity index (χ2v) is 7.94. The van der Waals surface area contributed by atoms with Crippen LogP contribution in [-0.2, 0) is 16.0 Å². The van der Waals surface area contributed by atoms with Crippen molar-refractivity contribution in [2.45, 2.75) is 32.7 Å². The van der Waals surface area contributed by atoms with Crippen molar-refractivity contribution in [3.63, 3.8) is 0 Å². The molecule has 2 aliphatic heterocycles. The number of amides is 3. The highest BCUT2D eigenvalue weighted by Crippen LogP contribution is 2.29. The second-order valence-electron chi connectivity index (χ2n) is 7.94. The fourth-order valence-corrected chi connectivity index (χ4v) is 4.05. The van der Waals surface area contributed by atoms with Gasteiger partial charge in [-0.1, -0.05) is 18.2 Å². The van der Waals surface area contributed by atoms with Crippen LogP contribution in [0.4, 0.5) is 11.4 Å². The van der Waals surface area contributed by atoms with Crippen LogP contribution in [-0.4, -0.2) is 41.8 Å². The lowest BCUT2D eigenvalue weighted by Crippen LogP contribution is -2.33. The lowest BCUT2D eigenvalue weighted by atomic mass is 10.1. The number of anilines is 2. The van der Waals surface area contributed by atoms with E-state index in [4.69, 9.17) is 0 Å². The standard InChI is InChI=1S/C23H25N3O3/c1-15(2)26-14-18(13-21(26)27)22(28)24-19-9-7-17(8-10-19)23(29)25-12-11-16-5-3-4-6-20(16)25/h3-10,15,18H,11-14H2,1-2H3,(H,24,28). The Balaban J connectivity index is 1.40. The Morgan fingerprint density at radius 1 is 1.07 bits per heavy atom. The van der Waals surface area contributed by atoms with E-state index in [2.05, 4.69) is 11.4 Å². The lowest BCUT2D eigenvalue weighted by Gasteiger charge is -2.20. The number of likely N-dealkylation sites (tertiary alicyclic amines) is 1. The molecule has 0 radical (unpaired) electrons. The van der Waals surface area contributed by atoms with Gasteiger partial charge in [0, 0.05) is 42.5 Å². The molecule has 0 saturated carbocycles. The van der Waals surface area contributed by atoms with Crippen LogP contribution in [0.3, 0.4) is 0 Å². The van der Waals surface area contributed by atoms with Gasteiger partial charge < -0.3 is 15.1 Å². The zero-order valence-electron chi connectivity index (χ0n) is 16.7. The van der Waals surface area contributed by atoms with E-state index in [0.717, 1.165) is 12.1 Å². The molecule has 29 heavy (non-hydrogen) atoms. The van der Waals surface area contributed by atoms with Crippen molar-refractivity contribution in [2.75, 3.05) is 23.3 Å². The molecule has 0 bridgehead atoms. The van der Waals surface area contributed by atoms with Gasteiger partial charge in [0.05, 0.1) is 5.92 Å². The van der Waals surface area contributed by atoms with E-state index in [1.165, 1.54) is 5.56 Å². The van der Waals surface area contributed by atoms with E-state index in [0.29, 0.717) is 24.3 Å². The predicted octanol–water partition coefficient (Wildman–Crippen LogP) is 3.08. The molecule has 1 unspecified atom stereocenters. The van der Waals surface area contributed by atoms with Gasteiger partial charge in [-0.25, -0.2) is 0 Å². The fourth-order valence-electron chi connectivity index (χ4n) is 4.05. The van der Waals surface area contributed by atoms with E-state index in [-0.39, 0.29) is 36.1 Å². The summed E-state index contributed by atoms with van der Waals surface area (Å²) >= 11 is 0. The number of nitrogens with zero attached hydrogens (tertiary/aromatic N) is 2. The van der Waals surface area contributed by atoms with Crippen LogP contribution in [0.5, 0.6) is 0 Å². The van der Waals surface area contributed by atoms with Crippen LogP contribution in [0.25, 0.3) is 0 Å². The summed E-state index contributed by atoms with van der Waals surface area (Å²) in [5, 5.41) is 2.87. The first kappa shape index (κ1) is 19.2. The van der Waals surface area contributed by atoms with Gasteiger partial charge in [0.1, 0.15) is 0 Å². The van der Waals surface area contributed by atoms with E-state index in [1.807, 2.05) is 32.0 Å². The summed E-state index contributed by atoms with van der Waals surface area (Å²) in [5.74, 6) is -0.518. The number of carbonyl (C=O) groups is 3. The lowest BCUT2D eigenvalue weighted by molar-refractivity contribution is -0.129. The monoisotopic (exact) mass is 391 g/mol. The Hall–Kier alpha value is -3.15. The van der Waals surface area contributed by atoms with E-state index in [9.17, 15) is 14.4 Å². The number of hydrogen-bond acceptors (Lipinski definition) is 3. The molecular weight excluding hydrogens is 366 g/mol. The number of para-hydroxylation sites is 1. The normalized spacial score (nSPS) is 18.3. The number of carbonyl (C=O) groups excluding carboxylic acids is 3. The quantitative estimate of drug-likeness (QED) is 0.871. The first-order chi connectivity index (χ1) is 13.9. The average Bonchev–Trinajstić information content (AvgIpc) is 3.32. The van der Waals surface area contributed by atoms with Gasteiger partial charge in [-0.15, -0.1) is 0 Å². The van der Waals surface area contributed by atoms with Crippen molar-refractivity contribution >= 4 is 29.1 Å². The van der Waals surface area contributed by atoms with Crippen molar-refractivity contribution < 1.29 is 14.4 Å². The number of hydrogen-bond donors (Lipinski definition) is 1. The largest absolute Gasteiger partial charge is 0.339 e.